The predicted octanol–water partition coefficient (Wildman–Crippen LogP) is 1.46. The molecule has 0 unspecified atom stereocenters. The average Bonchev–Trinajstić information content (AvgIpc) is 2.92. The van der Waals surface area contributed by atoms with Gasteiger partial charge in [-0.1, -0.05) is 23.7 Å². The van der Waals surface area contributed by atoms with Crippen molar-refractivity contribution < 1.29 is 8.42 Å². The van der Waals surface area contributed by atoms with Crippen LogP contribution in [0.25, 0.3) is 0 Å². The molecule has 1 fully saturated rings. The molecule has 1 aliphatic rings. The first-order valence-electron chi connectivity index (χ1n) is 7.31. The number of aromatic nitrogens is 3. The number of nitrogens with one attached hydrogen (secondary N) is 2. The molecule has 1 aromatic carbocycles. The second-order valence-corrected chi connectivity index (χ2v) is 8.01. The lowest BCUT2D eigenvalue weighted by molar-refractivity contribution is 0.319. The molecular formula is C14H17ClN4O3S. The number of benzene rings is 1. The monoisotopic (exact) mass is 356 g/mol. The number of hydrogen-bond acceptors (Lipinski definition) is 4. The van der Waals surface area contributed by atoms with Gasteiger partial charge < -0.3 is 0 Å². The van der Waals surface area contributed by atoms with E-state index < -0.39 is 15.7 Å². The Morgan fingerprint density at radius 2 is 1.87 bits per heavy atom. The molecular weight excluding hydrogens is 340 g/mol. The minimum absolute atomic E-state index is 0.134. The molecule has 124 valence electrons. The lowest BCUT2D eigenvalue weighted by Gasteiger charge is -2.31. The summed E-state index contributed by atoms with van der Waals surface area (Å²) in [5, 5.41) is 6.52. The maximum absolute atomic E-state index is 12.4. The molecule has 23 heavy (non-hydrogen) atoms. The van der Waals surface area contributed by atoms with Gasteiger partial charge >= 0.3 is 5.69 Å². The molecule has 7 nitrogen and oxygen atoms in total. The number of sulfonamides is 1. The highest BCUT2D eigenvalue weighted by Crippen LogP contribution is 2.30. The van der Waals surface area contributed by atoms with Crippen LogP contribution in [0.15, 0.2) is 29.1 Å². The Hall–Kier alpha value is -1.64. The molecule has 9 heteroatoms. The Balaban J connectivity index is 1.63. The quantitative estimate of drug-likeness (QED) is 0.866. The summed E-state index contributed by atoms with van der Waals surface area (Å²) in [5.41, 5.74) is 0.680. The van der Waals surface area contributed by atoms with Gasteiger partial charge in [0.15, 0.2) is 0 Å². The first-order valence-corrected chi connectivity index (χ1v) is 9.29. The zero-order chi connectivity index (χ0) is 16.4. The summed E-state index contributed by atoms with van der Waals surface area (Å²) >= 11 is 5.89. The Morgan fingerprint density at radius 3 is 2.43 bits per heavy atom. The van der Waals surface area contributed by atoms with Crippen molar-refractivity contribution in [2.75, 3.05) is 13.1 Å². The lowest BCUT2D eigenvalue weighted by atomic mass is 9.90. The van der Waals surface area contributed by atoms with Crippen molar-refractivity contribution in [3.05, 3.63) is 51.2 Å². The van der Waals surface area contributed by atoms with Gasteiger partial charge in [-0.25, -0.2) is 22.6 Å². The highest BCUT2D eigenvalue weighted by Gasteiger charge is 2.29. The number of rotatable bonds is 4. The highest BCUT2D eigenvalue weighted by molar-refractivity contribution is 7.88. The van der Waals surface area contributed by atoms with Gasteiger partial charge in [0.2, 0.25) is 10.0 Å². The summed E-state index contributed by atoms with van der Waals surface area (Å²) in [5.74, 6) is 0.177. The van der Waals surface area contributed by atoms with Gasteiger partial charge in [0, 0.05) is 18.1 Å². The third kappa shape index (κ3) is 3.82. The topological polar surface area (TPSA) is 98.9 Å². The van der Waals surface area contributed by atoms with Crippen molar-refractivity contribution in [2.45, 2.75) is 24.5 Å². The standard InChI is InChI=1S/C14H17ClN4O3S/c15-12-3-1-10(2-4-12)11-5-7-19(8-6-11)23(21,22)9-13-16-14(20)18-17-13/h1-4,11H,5-9H2,(H2,16,17,18,20). The van der Waals surface area contributed by atoms with E-state index in [0.717, 1.165) is 12.8 Å². The van der Waals surface area contributed by atoms with E-state index in [9.17, 15) is 13.2 Å². The van der Waals surface area contributed by atoms with Gasteiger partial charge in [-0.2, -0.15) is 5.10 Å². The smallest absolute Gasteiger partial charge is 0.292 e. The van der Waals surface area contributed by atoms with E-state index in [4.69, 9.17) is 11.6 Å². The highest BCUT2D eigenvalue weighted by atomic mass is 35.5. The van der Waals surface area contributed by atoms with E-state index >= 15 is 0 Å². The number of aromatic amines is 2. The van der Waals surface area contributed by atoms with Gasteiger partial charge in [0.25, 0.3) is 0 Å². The Kier molecular flexibility index (Phi) is 4.56. The molecule has 3 rings (SSSR count). The van der Waals surface area contributed by atoms with Crippen molar-refractivity contribution in [2.24, 2.45) is 0 Å². The third-order valence-electron chi connectivity index (χ3n) is 4.06. The molecule has 1 saturated heterocycles. The summed E-state index contributed by atoms with van der Waals surface area (Å²) in [7, 11) is -3.48. The molecule has 0 bridgehead atoms. The van der Waals surface area contributed by atoms with Crippen LogP contribution < -0.4 is 5.69 Å². The van der Waals surface area contributed by atoms with Crippen molar-refractivity contribution in [3.8, 4) is 0 Å². The molecule has 2 N–H and O–H groups in total. The number of piperidine rings is 1. The van der Waals surface area contributed by atoms with Crippen molar-refractivity contribution in [1.29, 1.82) is 0 Å². The van der Waals surface area contributed by atoms with E-state index in [1.165, 1.54) is 9.87 Å². The molecule has 0 aliphatic carbocycles. The maximum Gasteiger partial charge on any atom is 0.340 e. The number of hydrogen-bond donors (Lipinski definition) is 2. The SMILES string of the molecule is O=c1[nH]nc(CS(=O)(=O)N2CCC(c3ccc(Cl)cc3)CC2)[nH]1. The van der Waals surface area contributed by atoms with E-state index in [2.05, 4.69) is 15.2 Å². The van der Waals surface area contributed by atoms with Gasteiger partial charge in [-0.15, -0.1) is 0 Å². The summed E-state index contributed by atoms with van der Waals surface area (Å²) in [6.45, 7) is 0.925. The van der Waals surface area contributed by atoms with Crippen LogP contribution in [-0.2, 0) is 15.8 Å². The van der Waals surface area contributed by atoms with Crippen LogP contribution in [0.2, 0.25) is 5.02 Å². The Labute approximate surface area is 138 Å². The molecule has 0 saturated carbocycles. The Morgan fingerprint density at radius 1 is 1.22 bits per heavy atom. The minimum atomic E-state index is -3.48. The molecule has 2 aromatic rings. The van der Waals surface area contributed by atoms with E-state index in [1.807, 2.05) is 24.3 Å². The van der Waals surface area contributed by atoms with Gasteiger partial charge in [-0.05, 0) is 36.5 Å². The summed E-state index contributed by atoms with van der Waals surface area (Å²) in [4.78, 5) is 13.4. The second kappa shape index (κ2) is 6.46. The third-order valence-corrected chi connectivity index (χ3v) is 6.10. The fourth-order valence-corrected chi connectivity index (χ4v) is 4.40. The van der Waals surface area contributed by atoms with E-state index in [-0.39, 0.29) is 11.6 Å². The summed E-state index contributed by atoms with van der Waals surface area (Å²) in [6.07, 6.45) is 1.52. The lowest BCUT2D eigenvalue weighted by Crippen LogP contribution is -2.38. The second-order valence-electron chi connectivity index (χ2n) is 5.61. The van der Waals surface area contributed by atoms with Crippen LogP contribution in [0, 0.1) is 0 Å². The molecule has 1 aromatic heterocycles. The van der Waals surface area contributed by atoms with Crippen LogP contribution in [0.4, 0.5) is 0 Å². The molecule has 1 aliphatic heterocycles. The number of halogens is 1. The van der Waals surface area contributed by atoms with Crippen LogP contribution in [0.5, 0.6) is 0 Å². The molecule has 0 amide bonds. The van der Waals surface area contributed by atoms with Crippen molar-refractivity contribution in [1.82, 2.24) is 19.5 Å². The van der Waals surface area contributed by atoms with E-state index in [0.29, 0.717) is 24.0 Å². The van der Waals surface area contributed by atoms with Crippen molar-refractivity contribution in [3.63, 3.8) is 0 Å². The fraction of sp³-hybridized carbons (Fsp3) is 0.429. The average molecular weight is 357 g/mol. The van der Waals surface area contributed by atoms with Crippen LogP contribution in [-0.4, -0.2) is 41.0 Å². The molecule has 2 heterocycles. The summed E-state index contributed by atoms with van der Waals surface area (Å²) < 4.78 is 26.2. The summed E-state index contributed by atoms with van der Waals surface area (Å²) in [6, 6.07) is 7.69. The normalized spacial score (nSPS) is 17.4. The Bertz CT molecular complexity index is 820. The minimum Gasteiger partial charge on any atom is -0.292 e. The maximum atomic E-state index is 12.4. The van der Waals surface area contributed by atoms with Gasteiger partial charge in [0.05, 0.1) is 0 Å². The van der Waals surface area contributed by atoms with Crippen molar-refractivity contribution >= 4 is 21.6 Å². The van der Waals surface area contributed by atoms with Crippen LogP contribution in [0.3, 0.4) is 0 Å². The number of H-pyrrole nitrogens is 2. The largest absolute Gasteiger partial charge is 0.340 e. The first-order chi connectivity index (χ1) is 10.9. The molecule has 0 spiro atoms. The van der Waals surface area contributed by atoms with Crippen LogP contribution >= 0.6 is 11.6 Å². The fourth-order valence-electron chi connectivity index (χ4n) is 2.84. The molecule has 0 radical (unpaired) electrons. The van der Waals surface area contributed by atoms with Gasteiger partial charge in [0.1, 0.15) is 11.6 Å². The van der Waals surface area contributed by atoms with Gasteiger partial charge in [-0.3, -0.25) is 4.98 Å². The zero-order valence-electron chi connectivity index (χ0n) is 12.3. The number of nitrogens with zero attached hydrogens (tertiary/aromatic N) is 2. The molecule has 0 atom stereocenters. The van der Waals surface area contributed by atoms with E-state index in [1.54, 1.807) is 0 Å². The van der Waals surface area contributed by atoms with Crippen LogP contribution in [0.1, 0.15) is 30.1 Å². The first kappa shape index (κ1) is 16.2. The zero-order valence-corrected chi connectivity index (χ0v) is 13.9. The predicted molar refractivity (Wildman–Crippen MR) is 86.8 cm³/mol.